The molecule has 2 bridgehead atoms. The number of fused-ring (bicyclic) bond motifs is 2. The maximum Gasteiger partial charge on any atom is 0.0500 e. The smallest absolute Gasteiger partial charge is 0.0500 e. The van der Waals surface area contributed by atoms with Gasteiger partial charge in [0, 0.05) is 0 Å². The molecule has 0 spiro atoms. The lowest BCUT2D eigenvalue weighted by Crippen LogP contribution is -2.30. The molecule has 0 aromatic rings. The third-order valence-electron chi connectivity index (χ3n) is 3.95. The van der Waals surface area contributed by atoms with Gasteiger partial charge in [-0.3, -0.25) is 0 Å². The van der Waals surface area contributed by atoms with E-state index in [9.17, 15) is 0 Å². The van der Waals surface area contributed by atoms with Crippen molar-refractivity contribution >= 4 is 24.0 Å². The minimum absolute atomic E-state index is 0. The Morgan fingerprint density at radius 3 is 1.73 bits per heavy atom. The van der Waals surface area contributed by atoms with E-state index >= 15 is 0 Å². The van der Waals surface area contributed by atoms with Crippen molar-refractivity contribution in [1.29, 1.82) is 0 Å². The monoisotopic (exact) mass is 194 g/mol. The van der Waals surface area contributed by atoms with Gasteiger partial charge in [-0.05, 0) is 37.0 Å². The molecular formula is C9H16Cl2. The molecule has 0 aromatic carbocycles. The summed E-state index contributed by atoms with van der Waals surface area (Å²) < 4.78 is 0. The van der Waals surface area contributed by atoms with Gasteiger partial charge in [0.25, 0.3) is 0 Å². The van der Waals surface area contributed by atoms with Crippen LogP contribution in [0.25, 0.3) is 0 Å². The van der Waals surface area contributed by atoms with E-state index in [0.29, 0.717) is 5.41 Å². The lowest BCUT2D eigenvalue weighted by Gasteiger charge is -2.31. The van der Waals surface area contributed by atoms with Gasteiger partial charge < -0.3 is 0 Å². The first-order chi connectivity index (χ1) is 4.56. The predicted octanol–water partition coefficient (Wildman–Crippen LogP) is 3.62. The Bertz CT molecular complexity index is 152. The average molecular weight is 195 g/mol. The van der Waals surface area contributed by atoms with Crippen LogP contribution in [0.3, 0.4) is 0 Å². The number of alkyl halides is 1. The van der Waals surface area contributed by atoms with Crippen LogP contribution in [0.1, 0.15) is 39.5 Å². The summed E-state index contributed by atoms with van der Waals surface area (Å²) in [6, 6.07) is 0. The maximum absolute atomic E-state index is 6.49. The largest absolute Gasteiger partial charge is 0.147 e. The summed E-state index contributed by atoms with van der Waals surface area (Å²) >= 11 is 6.49. The normalized spacial score (nSPS) is 45.5. The fourth-order valence-electron chi connectivity index (χ4n) is 2.81. The summed E-state index contributed by atoms with van der Waals surface area (Å²) in [5, 5.41) is 0. The molecule has 0 radical (unpaired) electrons. The predicted molar refractivity (Wildman–Crippen MR) is 51.6 cm³/mol. The van der Waals surface area contributed by atoms with Crippen LogP contribution in [0.2, 0.25) is 0 Å². The van der Waals surface area contributed by atoms with Crippen molar-refractivity contribution < 1.29 is 0 Å². The summed E-state index contributed by atoms with van der Waals surface area (Å²) in [5.41, 5.74) is 0.425. The second-order valence-corrected chi connectivity index (χ2v) is 5.18. The first kappa shape index (κ1) is 9.67. The standard InChI is InChI=1S/C9H15Cl.ClH/c1-8(2)7-3-5-9(8,10)6-4-7;/h7H,3-6H2,1-2H3;1H. The Balaban J connectivity index is 0.000000605. The second kappa shape index (κ2) is 2.53. The molecule has 0 nitrogen and oxygen atoms in total. The summed E-state index contributed by atoms with van der Waals surface area (Å²) in [7, 11) is 0. The van der Waals surface area contributed by atoms with Gasteiger partial charge in [0.1, 0.15) is 0 Å². The Kier molecular flexibility index (Phi) is 2.23. The van der Waals surface area contributed by atoms with Gasteiger partial charge >= 0.3 is 0 Å². The molecule has 2 fully saturated rings. The highest BCUT2D eigenvalue weighted by Gasteiger charge is 2.57. The molecule has 2 rings (SSSR count). The lowest BCUT2D eigenvalue weighted by atomic mass is 9.81. The molecule has 0 unspecified atom stereocenters. The van der Waals surface area contributed by atoms with Crippen LogP contribution in [-0.2, 0) is 0 Å². The molecule has 0 heterocycles. The first-order valence-corrected chi connectivity index (χ1v) is 4.63. The van der Waals surface area contributed by atoms with E-state index in [2.05, 4.69) is 13.8 Å². The quantitative estimate of drug-likeness (QED) is 0.518. The van der Waals surface area contributed by atoms with E-state index in [-0.39, 0.29) is 17.3 Å². The van der Waals surface area contributed by atoms with Crippen LogP contribution in [0.5, 0.6) is 0 Å². The Hall–Kier alpha value is 0.580. The Labute approximate surface area is 80.1 Å². The van der Waals surface area contributed by atoms with Crippen molar-refractivity contribution in [3.05, 3.63) is 0 Å². The van der Waals surface area contributed by atoms with Gasteiger partial charge in [0.2, 0.25) is 0 Å². The molecule has 2 heteroatoms. The van der Waals surface area contributed by atoms with Gasteiger partial charge in [-0.25, -0.2) is 0 Å². The van der Waals surface area contributed by atoms with E-state index in [4.69, 9.17) is 11.6 Å². The summed E-state index contributed by atoms with van der Waals surface area (Å²) in [4.78, 5) is 0.178. The van der Waals surface area contributed by atoms with E-state index in [1.807, 2.05) is 0 Å². The molecule has 0 aromatic heterocycles. The second-order valence-electron chi connectivity index (χ2n) is 4.46. The number of rotatable bonds is 0. The van der Waals surface area contributed by atoms with E-state index in [1.165, 1.54) is 25.7 Å². The topological polar surface area (TPSA) is 0 Å². The molecule has 0 atom stereocenters. The van der Waals surface area contributed by atoms with Gasteiger partial charge in [-0.1, -0.05) is 13.8 Å². The zero-order valence-corrected chi connectivity index (χ0v) is 8.76. The molecule has 11 heavy (non-hydrogen) atoms. The minimum atomic E-state index is 0. The number of hydrogen-bond acceptors (Lipinski definition) is 0. The minimum Gasteiger partial charge on any atom is -0.147 e. The van der Waals surface area contributed by atoms with Crippen LogP contribution in [0.4, 0.5) is 0 Å². The van der Waals surface area contributed by atoms with Crippen molar-refractivity contribution in [3.8, 4) is 0 Å². The maximum atomic E-state index is 6.49. The van der Waals surface area contributed by atoms with Crippen molar-refractivity contribution in [2.45, 2.75) is 44.4 Å². The Morgan fingerprint density at radius 2 is 1.64 bits per heavy atom. The van der Waals surface area contributed by atoms with Crippen LogP contribution < -0.4 is 0 Å². The third kappa shape index (κ3) is 1.02. The van der Waals surface area contributed by atoms with Crippen LogP contribution in [0, 0.1) is 11.3 Å². The zero-order chi connectivity index (χ0) is 7.41. The van der Waals surface area contributed by atoms with E-state index < -0.39 is 0 Å². The van der Waals surface area contributed by atoms with E-state index in [1.54, 1.807) is 0 Å². The fourth-order valence-corrected chi connectivity index (χ4v) is 3.18. The van der Waals surface area contributed by atoms with Crippen LogP contribution in [-0.4, -0.2) is 4.87 Å². The molecule has 0 saturated heterocycles. The highest BCUT2D eigenvalue weighted by molar-refractivity contribution is 6.25. The first-order valence-electron chi connectivity index (χ1n) is 4.25. The molecule has 2 saturated carbocycles. The fraction of sp³-hybridized carbons (Fsp3) is 1.00. The number of halogens is 2. The highest BCUT2D eigenvalue weighted by atomic mass is 35.5. The van der Waals surface area contributed by atoms with Crippen LogP contribution >= 0.6 is 24.0 Å². The average Bonchev–Trinajstić information content (AvgIpc) is 2.18. The van der Waals surface area contributed by atoms with Gasteiger partial charge in [0.15, 0.2) is 0 Å². The summed E-state index contributed by atoms with van der Waals surface area (Å²) in [6.45, 7) is 4.68. The van der Waals surface area contributed by atoms with Gasteiger partial charge in [0.05, 0.1) is 4.87 Å². The molecule has 0 amide bonds. The zero-order valence-electron chi connectivity index (χ0n) is 7.19. The van der Waals surface area contributed by atoms with Crippen molar-refractivity contribution in [2.75, 3.05) is 0 Å². The molecule has 2 aliphatic carbocycles. The third-order valence-corrected chi connectivity index (χ3v) is 4.82. The molecule has 66 valence electrons. The van der Waals surface area contributed by atoms with Gasteiger partial charge in [-0.2, -0.15) is 0 Å². The SMILES string of the molecule is CC1(C)C2CCC1(Cl)CC2.Cl. The van der Waals surface area contributed by atoms with Crippen molar-refractivity contribution in [1.82, 2.24) is 0 Å². The molecular weight excluding hydrogens is 179 g/mol. The van der Waals surface area contributed by atoms with Crippen LogP contribution in [0.15, 0.2) is 0 Å². The summed E-state index contributed by atoms with van der Waals surface area (Å²) in [5.74, 6) is 0.921. The van der Waals surface area contributed by atoms with E-state index in [0.717, 1.165) is 5.92 Å². The van der Waals surface area contributed by atoms with Crippen molar-refractivity contribution in [3.63, 3.8) is 0 Å². The molecule has 0 aliphatic heterocycles. The highest BCUT2D eigenvalue weighted by Crippen LogP contribution is 2.63. The summed E-state index contributed by atoms with van der Waals surface area (Å²) in [6.07, 6.45) is 5.26. The number of hydrogen-bond donors (Lipinski definition) is 0. The van der Waals surface area contributed by atoms with Gasteiger partial charge in [-0.15, -0.1) is 24.0 Å². The molecule has 2 aliphatic rings. The Morgan fingerprint density at radius 1 is 1.18 bits per heavy atom. The van der Waals surface area contributed by atoms with Crippen molar-refractivity contribution in [2.24, 2.45) is 11.3 Å². The lowest BCUT2D eigenvalue weighted by molar-refractivity contribution is 0.278. The molecule has 0 N–H and O–H groups in total.